The maximum atomic E-state index is 6.00. The third kappa shape index (κ3) is 4.40. The Morgan fingerprint density at radius 1 is 1.35 bits per heavy atom. The summed E-state index contributed by atoms with van der Waals surface area (Å²) >= 11 is 3.41. The molecule has 0 radical (unpaired) electrons. The molecule has 0 aliphatic heterocycles. The fraction of sp³-hybridized carbons (Fsp3) is 0.429. The Morgan fingerprint density at radius 3 is 2.80 bits per heavy atom. The second-order valence-corrected chi connectivity index (χ2v) is 5.51. The Labute approximate surface area is 126 Å². The van der Waals surface area contributed by atoms with E-state index in [1.54, 1.807) is 7.11 Å². The maximum absolute atomic E-state index is 6.00. The van der Waals surface area contributed by atoms with Crippen LogP contribution in [0.5, 0.6) is 0 Å². The van der Waals surface area contributed by atoms with Crippen LogP contribution in [0.15, 0.2) is 33.3 Å². The fourth-order valence-corrected chi connectivity index (χ4v) is 2.11. The van der Waals surface area contributed by atoms with Crippen molar-refractivity contribution < 1.29 is 9.26 Å². The van der Waals surface area contributed by atoms with Crippen molar-refractivity contribution in [3.05, 3.63) is 46.0 Å². The van der Waals surface area contributed by atoms with Crippen LogP contribution in [0.3, 0.4) is 0 Å². The molecule has 1 atom stereocenters. The lowest BCUT2D eigenvalue weighted by atomic mass is 10.1. The molecule has 5 nitrogen and oxygen atoms in total. The van der Waals surface area contributed by atoms with Crippen molar-refractivity contribution in [1.29, 1.82) is 0 Å². The first kappa shape index (κ1) is 15.2. The van der Waals surface area contributed by atoms with E-state index in [1.165, 1.54) is 0 Å². The van der Waals surface area contributed by atoms with Gasteiger partial charge in [-0.25, -0.2) is 0 Å². The average molecular weight is 340 g/mol. The van der Waals surface area contributed by atoms with Crippen molar-refractivity contribution in [3.63, 3.8) is 0 Å². The minimum absolute atomic E-state index is 0.226. The lowest BCUT2D eigenvalue weighted by Gasteiger charge is -2.04. The van der Waals surface area contributed by atoms with E-state index in [1.807, 2.05) is 24.3 Å². The van der Waals surface area contributed by atoms with Crippen LogP contribution in [0.4, 0.5) is 0 Å². The molecule has 2 N–H and O–H groups in total. The third-order valence-electron chi connectivity index (χ3n) is 2.94. The van der Waals surface area contributed by atoms with Crippen LogP contribution in [0.2, 0.25) is 0 Å². The summed E-state index contributed by atoms with van der Waals surface area (Å²) in [6, 6.07) is 7.81. The van der Waals surface area contributed by atoms with E-state index < -0.39 is 0 Å². The Kier molecular flexibility index (Phi) is 5.70. The van der Waals surface area contributed by atoms with E-state index in [9.17, 15) is 0 Å². The zero-order chi connectivity index (χ0) is 14.4. The molecule has 0 aliphatic carbocycles. The highest BCUT2D eigenvalue weighted by Crippen LogP contribution is 2.16. The number of nitrogens with two attached hydrogens (primary N) is 1. The quantitative estimate of drug-likeness (QED) is 0.785. The summed E-state index contributed by atoms with van der Waals surface area (Å²) in [7, 11) is 1.68. The molecule has 1 unspecified atom stereocenters. The topological polar surface area (TPSA) is 74.2 Å². The normalized spacial score (nSPS) is 12.6. The van der Waals surface area contributed by atoms with Gasteiger partial charge in [0, 0.05) is 24.6 Å². The summed E-state index contributed by atoms with van der Waals surface area (Å²) in [5.41, 5.74) is 7.14. The van der Waals surface area contributed by atoms with E-state index >= 15 is 0 Å². The number of hydrogen-bond acceptors (Lipinski definition) is 5. The van der Waals surface area contributed by atoms with Crippen molar-refractivity contribution in [2.45, 2.75) is 25.3 Å². The minimum Gasteiger partial charge on any atom is -0.385 e. The molecule has 2 rings (SSSR count). The van der Waals surface area contributed by atoms with Gasteiger partial charge in [0.25, 0.3) is 0 Å². The Hall–Kier alpha value is -1.24. The van der Waals surface area contributed by atoms with Gasteiger partial charge in [-0.1, -0.05) is 33.2 Å². The average Bonchev–Trinajstić information content (AvgIpc) is 2.90. The molecule has 0 aliphatic rings. The van der Waals surface area contributed by atoms with Crippen molar-refractivity contribution in [2.24, 2.45) is 5.73 Å². The first-order valence-corrected chi connectivity index (χ1v) is 7.30. The predicted octanol–water partition coefficient (Wildman–Crippen LogP) is 2.85. The van der Waals surface area contributed by atoms with Gasteiger partial charge in [0.15, 0.2) is 5.82 Å². The number of benzene rings is 1. The van der Waals surface area contributed by atoms with Crippen LogP contribution in [0, 0.1) is 0 Å². The summed E-state index contributed by atoms with van der Waals surface area (Å²) < 4.78 is 11.3. The summed E-state index contributed by atoms with van der Waals surface area (Å²) in [4.78, 5) is 4.35. The molecular weight excluding hydrogens is 322 g/mol. The molecule has 20 heavy (non-hydrogen) atoms. The molecule has 108 valence electrons. The van der Waals surface area contributed by atoms with Gasteiger partial charge >= 0.3 is 0 Å². The summed E-state index contributed by atoms with van der Waals surface area (Å²) in [5.74, 6) is 1.15. The lowest BCUT2D eigenvalue weighted by molar-refractivity contribution is 0.188. The Balaban J connectivity index is 1.93. The first-order chi connectivity index (χ1) is 9.69. The number of aromatic nitrogens is 2. The highest BCUT2D eigenvalue weighted by Gasteiger charge is 2.14. The molecule has 1 aromatic heterocycles. The lowest BCUT2D eigenvalue weighted by Crippen LogP contribution is -2.11. The number of ether oxygens (including phenoxy) is 1. The highest BCUT2D eigenvalue weighted by molar-refractivity contribution is 9.10. The van der Waals surface area contributed by atoms with E-state index in [0.717, 1.165) is 22.9 Å². The van der Waals surface area contributed by atoms with Crippen LogP contribution in [0.25, 0.3) is 0 Å². The Bertz CT molecular complexity index is 527. The number of hydrogen-bond donors (Lipinski definition) is 1. The molecule has 0 fully saturated rings. The number of methoxy groups -OCH3 is 1. The second-order valence-electron chi connectivity index (χ2n) is 4.59. The molecule has 6 heteroatoms. The van der Waals surface area contributed by atoms with Gasteiger partial charge in [-0.05, 0) is 30.5 Å². The van der Waals surface area contributed by atoms with Crippen LogP contribution < -0.4 is 5.73 Å². The van der Waals surface area contributed by atoms with Gasteiger partial charge in [-0.15, -0.1) is 0 Å². The molecule has 2 aromatic rings. The first-order valence-electron chi connectivity index (χ1n) is 6.50. The minimum atomic E-state index is -0.226. The molecule has 1 aromatic carbocycles. The molecule has 1 heterocycles. The maximum Gasteiger partial charge on any atom is 0.243 e. The Morgan fingerprint density at radius 2 is 2.10 bits per heavy atom. The number of halogens is 1. The smallest absolute Gasteiger partial charge is 0.243 e. The van der Waals surface area contributed by atoms with Crippen LogP contribution in [-0.4, -0.2) is 23.9 Å². The largest absolute Gasteiger partial charge is 0.385 e. The number of rotatable bonds is 7. The summed E-state index contributed by atoms with van der Waals surface area (Å²) in [6.45, 7) is 0.688. The fourth-order valence-electron chi connectivity index (χ4n) is 1.85. The van der Waals surface area contributed by atoms with Gasteiger partial charge in [0.1, 0.15) is 0 Å². The zero-order valence-electron chi connectivity index (χ0n) is 11.4. The summed E-state index contributed by atoms with van der Waals surface area (Å²) in [5, 5.41) is 3.97. The van der Waals surface area contributed by atoms with E-state index in [4.69, 9.17) is 15.0 Å². The van der Waals surface area contributed by atoms with Crippen LogP contribution in [-0.2, 0) is 11.2 Å². The standard InChI is InChI=1S/C14H18BrN3O2/c1-19-8-2-3-12(16)14-17-13(18-20-14)9-10-4-6-11(15)7-5-10/h4-7,12H,2-3,8-9,16H2,1H3. The molecule has 0 amide bonds. The van der Waals surface area contributed by atoms with Gasteiger partial charge in [-0.3, -0.25) is 0 Å². The molecular formula is C14H18BrN3O2. The van der Waals surface area contributed by atoms with E-state index in [-0.39, 0.29) is 6.04 Å². The second kappa shape index (κ2) is 7.52. The van der Waals surface area contributed by atoms with Gasteiger partial charge in [-0.2, -0.15) is 4.98 Å². The summed E-state index contributed by atoms with van der Waals surface area (Å²) in [6.07, 6.45) is 2.29. The molecule has 0 spiro atoms. The van der Waals surface area contributed by atoms with E-state index in [0.29, 0.717) is 24.7 Å². The van der Waals surface area contributed by atoms with Crippen molar-refractivity contribution in [1.82, 2.24) is 10.1 Å². The SMILES string of the molecule is COCCCC(N)c1nc(Cc2ccc(Br)cc2)no1. The number of nitrogens with zero attached hydrogens (tertiary/aromatic N) is 2. The predicted molar refractivity (Wildman–Crippen MR) is 79.3 cm³/mol. The van der Waals surface area contributed by atoms with Crippen LogP contribution in [0.1, 0.15) is 36.2 Å². The highest BCUT2D eigenvalue weighted by atomic mass is 79.9. The molecule has 0 saturated heterocycles. The third-order valence-corrected chi connectivity index (χ3v) is 3.47. The molecule has 0 saturated carbocycles. The van der Waals surface area contributed by atoms with E-state index in [2.05, 4.69) is 26.1 Å². The van der Waals surface area contributed by atoms with Crippen molar-refractivity contribution in [3.8, 4) is 0 Å². The molecule has 0 bridgehead atoms. The van der Waals surface area contributed by atoms with Gasteiger partial charge < -0.3 is 15.0 Å². The van der Waals surface area contributed by atoms with Gasteiger partial charge in [0.2, 0.25) is 5.89 Å². The zero-order valence-corrected chi connectivity index (χ0v) is 13.0. The van der Waals surface area contributed by atoms with Crippen LogP contribution >= 0.6 is 15.9 Å². The van der Waals surface area contributed by atoms with Gasteiger partial charge in [0.05, 0.1) is 6.04 Å². The van der Waals surface area contributed by atoms with Crippen molar-refractivity contribution in [2.75, 3.05) is 13.7 Å². The van der Waals surface area contributed by atoms with Crippen molar-refractivity contribution >= 4 is 15.9 Å². The monoisotopic (exact) mass is 339 g/mol.